The SMILES string of the molecule is O=C(Nc1nc2ccccc2n1CCc1ccccn1)c1csc(N2CCNCC2)n1. The van der Waals surface area contributed by atoms with E-state index in [2.05, 4.69) is 30.5 Å². The predicted octanol–water partition coefficient (Wildman–Crippen LogP) is 2.79. The van der Waals surface area contributed by atoms with Crippen LogP contribution >= 0.6 is 11.3 Å². The molecule has 2 N–H and O–H groups in total. The van der Waals surface area contributed by atoms with Gasteiger partial charge in [0.15, 0.2) is 5.13 Å². The molecule has 1 aromatic carbocycles. The van der Waals surface area contributed by atoms with Gasteiger partial charge in [0.25, 0.3) is 5.91 Å². The minimum atomic E-state index is -0.243. The van der Waals surface area contributed by atoms with E-state index in [1.165, 1.54) is 11.3 Å². The largest absolute Gasteiger partial charge is 0.346 e. The monoisotopic (exact) mass is 433 g/mol. The van der Waals surface area contributed by atoms with E-state index in [1.807, 2.05) is 52.4 Å². The molecule has 0 aliphatic carbocycles. The molecule has 1 aliphatic rings. The first-order valence-electron chi connectivity index (χ1n) is 10.4. The summed E-state index contributed by atoms with van der Waals surface area (Å²) in [7, 11) is 0. The molecule has 31 heavy (non-hydrogen) atoms. The van der Waals surface area contributed by atoms with Gasteiger partial charge < -0.3 is 14.8 Å². The number of imidazole rings is 1. The quantitative estimate of drug-likeness (QED) is 0.486. The fourth-order valence-corrected chi connectivity index (χ4v) is 4.56. The predicted molar refractivity (Wildman–Crippen MR) is 123 cm³/mol. The number of fused-ring (bicyclic) bond motifs is 1. The van der Waals surface area contributed by atoms with Gasteiger partial charge in [0.05, 0.1) is 11.0 Å². The van der Waals surface area contributed by atoms with Crippen molar-refractivity contribution in [3.8, 4) is 0 Å². The Labute approximate surface area is 184 Å². The fourth-order valence-electron chi connectivity index (χ4n) is 3.71. The Balaban J connectivity index is 1.37. The summed E-state index contributed by atoms with van der Waals surface area (Å²) >= 11 is 1.50. The standard InChI is InChI=1S/C22H23N7OS/c30-20(18-15-31-22(26-18)28-13-10-23-11-14-28)27-21-25-17-6-1-2-7-19(17)29(21)12-8-16-5-3-4-9-24-16/h1-7,9,15,23H,8,10-14H2,(H,25,27,30). The van der Waals surface area contributed by atoms with Crippen LogP contribution in [-0.4, -0.2) is 51.6 Å². The number of nitrogens with one attached hydrogen (secondary N) is 2. The number of nitrogens with zero attached hydrogens (tertiary/aromatic N) is 5. The number of aryl methyl sites for hydroxylation is 2. The smallest absolute Gasteiger partial charge is 0.277 e. The highest BCUT2D eigenvalue weighted by Crippen LogP contribution is 2.23. The molecule has 1 fully saturated rings. The molecule has 1 amide bonds. The number of thiazole rings is 1. The Bertz CT molecular complexity index is 1180. The van der Waals surface area contributed by atoms with Gasteiger partial charge in [-0.3, -0.25) is 15.1 Å². The van der Waals surface area contributed by atoms with Crippen molar-refractivity contribution < 1.29 is 4.79 Å². The van der Waals surface area contributed by atoms with E-state index in [-0.39, 0.29) is 5.91 Å². The lowest BCUT2D eigenvalue weighted by molar-refractivity contribution is 0.102. The van der Waals surface area contributed by atoms with Crippen LogP contribution in [0.2, 0.25) is 0 Å². The van der Waals surface area contributed by atoms with Gasteiger partial charge in [-0.25, -0.2) is 9.97 Å². The molecule has 5 rings (SSSR count). The van der Waals surface area contributed by atoms with E-state index >= 15 is 0 Å². The van der Waals surface area contributed by atoms with Crippen molar-refractivity contribution in [3.05, 3.63) is 65.4 Å². The second-order valence-electron chi connectivity index (χ2n) is 7.35. The second kappa shape index (κ2) is 8.83. The number of hydrogen-bond acceptors (Lipinski definition) is 7. The molecule has 0 atom stereocenters. The summed E-state index contributed by atoms with van der Waals surface area (Å²) in [5.41, 5.74) is 3.24. The van der Waals surface area contributed by atoms with Crippen molar-refractivity contribution in [2.75, 3.05) is 36.4 Å². The van der Waals surface area contributed by atoms with Gasteiger partial charge in [-0.15, -0.1) is 11.3 Å². The van der Waals surface area contributed by atoms with Crippen LogP contribution in [0.1, 0.15) is 16.2 Å². The molecule has 0 bridgehead atoms. The summed E-state index contributed by atoms with van der Waals surface area (Å²) in [6.07, 6.45) is 2.54. The summed E-state index contributed by atoms with van der Waals surface area (Å²) < 4.78 is 2.03. The van der Waals surface area contributed by atoms with Crippen LogP contribution in [-0.2, 0) is 13.0 Å². The number of carbonyl (C=O) groups is 1. The number of rotatable bonds is 6. The Hall–Kier alpha value is -3.30. The lowest BCUT2D eigenvalue weighted by Crippen LogP contribution is -2.43. The number of aromatic nitrogens is 4. The van der Waals surface area contributed by atoms with Gasteiger partial charge in [0.1, 0.15) is 5.69 Å². The maximum Gasteiger partial charge on any atom is 0.277 e. The minimum Gasteiger partial charge on any atom is -0.346 e. The molecule has 4 aromatic rings. The van der Waals surface area contributed by atoms with Gasteiger partial charge in [-0.05, 0) is 24.3 Å². The van der Waals surface area contributed by atoms with Crippen molar-refractivity contribution in [2.24, 2.45) is 0 Å². The molecule has 9 heteroatoms. The van der Waals surface area contributed by atoms with Crippen LogP contribution in [0.4, 0.5) is 11.1 Å². The van der Waals surface area contributed by atoms with Crippen molar-refractivity contribution >= 4 is 39.4 Å². The number of benzene rings is 1. The van der Waals surface area contributed by atoms with Gasteiger partial charge in [-0.1, -0.05) is 18.2 Å². The molecule has 4 heterocycles. The van der Waals surface area contributed by atoms with Crippen LogP contribution in [0.3, 0.4) is 0 Å². The third kappa shape index (κ3) is 4.28. The first-order valence-corrected chi connectivity index (χ1v) is 11.2. The number of anilines is 2. The summed E-state index contributed by atoms with van der Waals surface area (Å²) in [4.78, 5) is 28.8. The average molecular weight is 434 g/mol. The van der Waals surface area contributed by atoms with E-state index in [9.17, 15) is 4.79 Å². The molecule has 8 nitrogen and oxygen atoms in total. The molecule has 158 valence electrons. The average Bonchev–Trinajstić information content (AvgIpc) is 3.44. The van der Waals surface area contributed by atoms with Gasteiger partial charge >= 0.3 is 0 Å². The molecule has 3 aromatic heterocycles. The van der Waals surface area contributed by atoms with Crippen LogP contribution in [0.5, 0.6) is 0 Å². The zero-order chi connectivity index (χ0) is 21.0. The van der Waals surface area contributed by atoms with E-state index in [0.29, 0.717) is 18.2 Å². The Morgan fingerprint density at radius 2 is 1.94 bits per heavy atom. The highest BCUT2D eigenvalue weighted by molar-refractivity contribution is 7.14. The first kappa shape index (κ1) is 19.7. The van der Waals surface area contributed by atoms with Crippen LogP contribution in [0, 0.1) is 0 Å². The first-order chi connectivity index (χ1) is 15.3. The molecule has 0 radical (unpaired) electrons. The zero-order valence-corrected chi connectivity index (χ0v) is 17.8. The lowest BCUT2D eigenvalue weighted by Gasteiger charge is -2.26. The van der Waals surface area contributed by atoms with Crippen LogP contribution in [0.15, 0.2) is 54.0 Å². The van der Waals surface area contributed by atoms with Gasteiger partial charge in [-0.2, -0.15) is 0 Å². The van der Waals surface area contributed by atoms with E-state index in [1.54, 1.807) is 6.20 Å². The number of carbonyl (C=O) groups excluding carboxylic acids is 1. The Kier molecular flexibility index (Phi) is 5.59. The number of para-hydroxylation sites is 2. The number of piperazine rings is 1. The van der Waals surface area contributed by atoms with E-state index in [0.717, 1.165) is 54.5 Å². The maximum atomic E-state index is 12.9. The molecule has 0 saturated carbocycles. The molecule has 1 aliphatic heterocycles. The van der Waals surface area contributed by atoms with Crippen LogP contribution in [0.25, 0.3) is 11.0 Å². The Morgan fingerprint density at radius 1 is 1.10 bits per heavy atom. The summed E-state index contributed by atoms with van der Waals surface area (Å²) in [5, 5.41) is 9.00. The van der Waals surface area contributed by atoms with Crippen molar-refractivity contribution in [1.82, 2.24) is 24.8 Å². The topological polar surface area (TPSA) is 88.0 Å². The van der Waals surface area contributed by atoms with Gasteiger partial charge in [0.2, 0.25) is 5.95 Å². The molecule has 1 saturated heterocycles. The normalized spacial score (nSPS) is 14.1. The lowest BCUT2D eigenvalue weighted by atomic mass is 10.2. The van der Waals surface area contributed by atoms with E-state index < -0.39 is 0 Å². The van der Waals surface area contributed by atoms with Crippen molar-refractivity contribution in [3.63, 3.8) is 0 Å². The highest BCUT2D eigenvalue weighted by atomic mass is 32.1. The number of pyridine rings is 1. The summed E-state index contributed by atoms with van der Waals surface area (Å²) in [5.74, 6) is 0.283. The summed E-state index contributed by atoms with van der Waals surface area (Å²) in [6, 6.07) is 13.8. The van der Waals surface area contributed by atoms with Crippen molar-refractivity contribution in [1.29, 1.82) is 0 Å². The molecule has 0 spiro atoms. The van der Waals surface area contributed by atoms with E-state index in [4.69, 9.17) is 0 Å². The zero-order valence-electron chi connectivity index (χ0n) is 17.0. The highest BCUT2D eigenvalue weighted by Gasteiger charge is 2.19. The summed E-state index contributed by atoms with van der Waals surface area (Å²) in [6.45, 7) is 4.33. The number of hydrogen-bond donors (Lipinski definition) is 2. The molecular formula is C22H23N7OS. The maximum absolute atomic E-state index is 12.9. The third-order valence-corrected chi connectivity index (χ3v) is 6.21. The Morgan fingerprint density at radius 3 is 2.77 bits per heavy atom. The third-order valence-electron chi connectivity index (χ3n) is 5.31. The molecular weight excluding hydrogens is 410 g/mol. The fraction of sp³-hybridized carbons (Fsp3) is 0.273. The second-order valence-corrected chi connectivity index (χ2v) is 8.19. The van der Waals surface area contributed by atoms with Crippen molar-refractivity contribution in [2.45, 2.75) is 13.0 Å². The van der Waals surface area contributed by atoms with Gasteiger partial charge in [0, 0.05) is 56.4 Å². The number of amides is 1. The minimum absolute atomic E-state index is 0.243. The van der Waals surface area contributed by atoms with Crippen LogP contribution < -0.4 is 15.5 Å². The molecule has 0 unspecified atom stereocenters.